The van der Waals surface area contributed by atoms with Crippen LogP contribution in [0.25, 0.3) is 0 Å². The number of rotatable bonds is 4. The Balaban J connectivity index is 2.31. The highest BCUT2D eigenvalue weighted by Gasteiger charge is 2.27. The Labute approximate surface area is 85.8 Å². The minimum absolute atomic E-state index is 0.0654. The highest BCUT2D eigenvalue weighted by atomic mass is 16.5. The quantitative estimate of drug-likeness (QED) is 0.652. The lowest BCUT2D eigenvalue weighted by molar-refractivity contribution is -0.148. The molecule has 0 spiro atoms. The first-order valence-electron chi connectivity index (χ1n) is 5.47. The minimum atomic E-state index is -0.0743. The zero-order valence-electron chi connectivity index (χ0n) is 9.12. The molecule has 1 aliphatic carbocycles. The fourth-order valence-electron chi connectivity index (χ4n) is 1.96. The Morgan fingerprint density at radius 1 is 1.43 bits per heavy atom. The maximum Gasteiger partial charge on any atom is 0.308 e. The minimum Gasteiger partial charge on any atom is -0.469 e. The summed E-state index contributed by atoms with van der Waals surface area (Å²) in [5.74, 6) is -0.00888. The Morgan fingerprint density at radius 3 is 2.86 bits per heavy atom. The van der Waals surface area contributed by atoms with Crippen LogP contribution in [0.2, 0.25) is 0 Å². The molecule has 82 valence electrons. The van der Waals surface area contributed by atoms with Gasteiger partial charge in [0.1, 0.15) is 0 Å². The van der Waals surface area contributed by atoms with Crippen molar-refractivity contribution in [2.24, 2.45) is 5.92 Å². The van der Waals surface area contributed by atoms with Crippen molar-refractivity contribution in [3.63, 3.8) is 0 Å². The molecule has 0 radical (unpaired) electrons. The lowest BCUT2D eigenvalue weighted by Crippen LogP contribution is -2.28. The van der Waals surface area contributed by atoms with Crippen molar-refractivity contribution in [1.29, 1.82) is 0 Å². The molecule has 0 N–H and O–H groups in total. The van der Waals surface area contributed by atoms with Gasteiger partial charge in [0, 0.05) is 6.61 Å². The van der Waals surface area contributed by atoms with Crippen molar-refractivity contribution < 1.29 is 14.3 Å². The van der Waals surface area contributed by atoms with Crippen molar-refractivity contribution in [3.8, 4) is 0 Å². The number of esters is 1. The van der Waals surface area contributed by atoms with Crippen molar-refractivity contribution in [2.75, 3.05) is 13.7 Å². The number of carbonyl (C=O) groups is 1. The smallest absolute Gasteiger partial charge is 0.308 e. The van der Waals surface area contributed by atoms with E-state index in [2.05, 4.69) is 6.92 Å². The lowest BCUT2D eigenvalue weighted by atomic mass is 9.87. The predicted octanol–water partition coefficient (Wildman–Crippen LogP) is 2.14. The number of hydrogen-bond acceptors (Lipinski definition) is 3. The molecule has 1 rings (SSSR count). The molecule has 2 atom stereocenters. The van der Waals surface area contributed by atoms with Gasteiger partial charge < -0.3 is 9.47 Å². The van der Waals surface area contributed by atoms with Crippen molar-refractivity contribution in [2.45, 2.75) is 45.1 Å². The second-order valence-corrected chi connectivity index (χ2v) is 3.88. The third kappa shape index (κ3) is 3.29. The van der Waals surface area contributed by atoms with E-state index in [1.165, 1.54) is 7.11 Å². The SMILES string of the molecule is CCCO[C@H]1CCC[C@@H](C(=O)OC)C1. The van der Waals surface area contributed by atoms with Gasteiger partial charge in [-0.15, -0.1) is 0 Å². The summed E-state index contributed by atoms with van der Waals surface area (Å²) in [6.45, 7) is 2.90. The molecule has 1 fully saturated rings. The molecule has 3 nitrogen and oxygen atoms in total. The first-order chi connectivity index (χ1) is 6.77. The lowest BCUT2D eigenvalue weighted by Gasteiger charge is -2.27. The standard InChI is InChI=1S/C11H20O3/c1-3-7-14-10-6-4-5-9(8-10)11(12)13-2/h9-10H,3-8H2,1-2H3/t9-,10+/m1/s1. The van der Waals surface area contributed by atoms with Crippen LogP contribution in [0.1, 0.15) is 39.0 Å². The molecule has 0 heterocycles. The zero-order valence-corrected chi connectivity index (χ0v) is 9.12. The molecule has 0 saturated heterocycles. The van der Waals surface area contributed by atoms with Gasteiger partial charge in [-0.05, 0) is 25.7 Å². The van der Waals surface area contributed by atoms with E-state index in [9.17, 15) is 4.79 Å². The van der Waals surface area contributed by atoms with E-state index in [0.717, 1.165) is 38.7 Å². The molecule has 0 aliphatic heterocycles. The van der Waals surface area contributed by atoms with Gasteiger partial charge in [0.15, 0.2) is 0 Å². The average molecular weight is 200 g/mol. The van der Waals surface area contributed by atoms with Crippen LogP contribution in [0, 0.1) is 5.92 Å². The summed E-state index contributed by atoms with van der Waals surface area (Å²) >= 11 is 0. The average Bonchev–Trinajstić information content (AvgIpc) is 2.25. The van der Waals surface area contributed by atoms with Crippen LogP contribution in [0.15, 0.2) is 0 Å². The maximum atomic E-state index is 11.3. The molecule has 0 bridgehead atoms. The van der Waals surface area contributed by atoms with Gasteiger partial charge >= 0.3 is 5.97 Å². The van der Waals surface area contributed by atoms with Gasteiger partial charge in [0.25, 0.3) is 0 Å². The van der Waals surface area contributed by atoms with E-state index >= 15 is 0 Å². The van der Waals surface area contributed by atoms with Gasteiger partial charge in [-0.25, -0.2) is 0 Å². The van der Waals surface area contributed by atoms with Crippen molar-refractivity contribution in [1.82, 2.24) is 0 Å². The summed E-state index contributed by atoms with van der Waals surface area (Å²) < 4.78 is 10.4. The van der Waals surface area contributed by atoms with Crippen LogP contribution < -0.4 is 0 Å². The molecule has 1 saturated carbocycles. The maximum absolute atomic E-state index is 11.3. The zero-order chi connectivity index (χ0) is 10.4. The van der Waals surface area contributed by atoms with Crippen molar-refractivity contribution >= 4 is 5.97 Å². The van der Waals surface area contributed by atoms with E-state index in [1.54, 1.807) is 0 Å². The van der Waals surface area contributed by atoms with Gasteiger partial charge in [0.2, 0.25) is 0 Å². The molecule has 0 aromatic carbocycles. The third-order valence-electron chi connectivity index (χ3n) is 2.72. The second-order valence-electron chi connectivity index (χ2n) is 3.88. The fourth-order valence-corrected chi connectivity index (χ4v) is 1.96. The van der Waals surface area contributed by atoms with Gasteiger partial charge in [-0.2, -0.15) is 0 Å². The predicted molar refractivity (Wildman–Crippen MR) is 54.0 cm³/mol. The number of methoxy groups -OCH3 is 1. The van der Waals surface area contributed by atoms with Crippen LogP contribution in [0.4, 0.5) is 0 Å². The van der Waals surface area contributed by atoms with E-state index in [1.807, 2.05) is 0 Å². The fraction of sp³-hybridized carbons (Fsp3) is 0.909. The summed E-state index contributed by atoms with van der Waals surface area (Å²) in [7, 11) is 1.46. The van der Waals surface area contributed by atoms with E-state index in [-0.39, 0.29) is 18.0 Å². The molecule has 3 heteroatoms. The van der Waals surface area contributed by atoms with Crippen LogP contribution in [-0.4, -0.2) is 25.8 Å². The summed E-state index contributed by atoms with van der Waals surface area (Å²) in [5.41, 5.74) is 0. The second kappa shape index (κ2) is 6.02. The van der Waals surface area contributed by atoms with Crippen LogP contribution in [0.3, 0.4) is 0 Å². The topological polar surface area (TPSA) is 35.5 Å². The molecule has 0 unspecified atom stereocenters. The highest BCUT2D eigenvalue weighted by molar-refractivity contribution is 5.72. The molecule has 1 aliphatic rings. The monoisotopic (exact) mass is 200 g/mol. The van der Waals surface area contributed by atoms with Gasteiger partial charge in [0.05, 0.1) is 19.1 Å². The molecular weight excluding hydrogens is 180 g/mol. The first kappa shape index (κ1) is 11.5. The largest absolute Gasteiger partial charge is 0.469 e. The van der Waals surface area contributed by atoms with Crippen LogP contribution >= 0.6 is 0 Å². The van der Waals surface area contributed by atoms with E-state index in [0.29, 0.717) is 0 Å². The summed E-state index contributed by atoms with van der Waals surface area (Å²) in [5, 5.41) is 0. The van der Waals surface area contributed by atoms with Crippen molar-refractivity contribution in [3.05, 3.63) is 0 Å². The Kier molecular flexibility index (Phi) is 4.94. The normalized spacial score (nSPS) is 27.3. The summed E-state index contributed by atoms with van der Waals surface area (Å²) in [4.78, 5) is 11.3. The van der Waals surface area contributed by atoms with Crippen LogP contribution in [0.5, 0.6) is 0 Å². The highest BCUT2D eigenvalue weighted by Crippen LogP contribution is 2.27. The molecular formula is C11H20O3. The Morgan fingerprint density at radius 2 is 2.21 bits per heavy atom. The molecule has 0 amide bonds. The van der Waals surface area contributed by atoms with Gasteiger partial charge in [-0.1, -0.05) is 13.3 Å². The number of carbonyl (C=O) groups excluding carboxylic acids is 1. The summed E-state index contributed by atoms with van der Waals surface area (Å²) in [6, 6.07) is 0. The molecule has 14 heavy (non-hydrogen) atoms. The van der Waals surface area contributed by atoms with E-state index < -0.39 is 0 Å². The van der Waals surface area contributed by atoms with E-state index in [4.69, 9.17) is 9.47 Å². The Bertz CT molecular complexity index is 179. The van der Waals surface area contributed by atoms with Crippen LogP contribution in [-0.2, 0) is 14.3 Å². The first-order valence-corrected chi connectivity index (χ1v) is 5.47. The third-order valence-corrected chi connectivity index (χ3v) is 2.72. The number of ether oxygens (including phenoxy) is 2. The molecule has 0 aromatic rings. The molecule has 0 aromatic heterocycles. The number of hydrogen-bond donors (Lipinski definition) is 0. The summed E-state index contributed by atoms with van der Waals surface area (Å²) in [6.07, 6.45) is 5.28. The Hall–Kier alpha value is -0.570. The van der Waals surface area contributed by atoms with Gasteiger partial charge in [-0.3, -0.25) is 4.79 Å².